The molecule has 0 saturated heterocycles. The highest BCUT2D eigenvalue weighted by Gasteiger charge is 2.35. The van der Waals surface area contributed by atoms with Gasteiger partial charge >= 0.3 is 6.36 Å². The summed E-state index contributed by atoms with van der Waals surface area (Å²) in [6.07, 6.45) is -8.10. The molecule has 3 nitrogen and oxygen atoms in total. The van der Waals surface area contributed by atoms with Crippen LogP contribution in [0.2, 0.25) is 0 Å². The quantitative estimate of drug-likeness (QED) is 0.454. The van der Waals surface area contributed by atoms with Gasteiger partial charge in [0.05, 0.1) is 23.0 Å². The van der Waals surface area contributed by atoms with Crippen molar-refractivity contribution in [2.24, 2.45) is 0 Å². The first-order chi connectivity index (χ1) is 8.67. The number of carbonyl (C=O) groups excluding carboxylic acids is 1. The lowest BCUT2D eigenvalue weighted by atomic mass is 10.1. The number of nitrogens with zero attached hydrogens (tertiary/aromatic N) is 1. The van der Waals surface area contributed by atoms with E-state index in [4.69, 9.17) is 11.6 Å². The fraction of sp³-hybridized carbons (Fsp3) is 0.333. The van der Waals surface area contributed by atoms with Gasteiger partial charge in [-0.15, -0.1) is 13.2 Å². The Morgan fingerprint density at radius 1 is 1.47 bits per heavy atom. The minimum Gasteiger partial charge on any atom is -0.404 e. The molecule has 0 unspecified atom stereocenters. The Labute approximate surface area is 116 Å². The van der Waals surface area contributed by atoms with Gasteiger partial charge in [0.15, 0.2) is 5.75 Å². The first kappa shape index (κ1) is 16.1. The number of halogens is 7. The maximum Gasteiger partial charge on any atom is 0.573 e. The summed E-state index contributed by atoms with van der Waals surface area (Å²) < 4.78 is 65.3. The highest BCUT2D eigenvalue weighted by Crippen LogP contribution is 2.37. The Morgan fingerprint density at radius 2 is 2.05 bits per heavy atom. The van der Waals surface area contributed by atoms with E-state index in [1.54, 1.807) is 0 Å². The maximum absolute atomic E-state index is 12.8. The van der Waals surface area contributed by atoms with E-state index >= 15 is 0 Å². The largest absolute Gasteiger partial charge is 0.573 e. The zero-order valence-corrected chi connectivity index (χ0v) is 11.1. The molecule has 1 rings (SSSR count). The van der Waals surface area contributed by atoms with Gasteiger partial charge in [-0.1, -0.05) is 15.9 Å². The third-order valence-corrected chi connectivity index (χ3v) is 2.65. The summed E-state index contributed by atoms with van der Waals surface area (Å²) in [5.74, 6) is -1.25. The summed E-state index contributed by atoms with van der Waals surface area (Å²) in [6, 6.07) is 0. The van der Waals surface area contributed by atoms with Crippen LogP contribution in [0.3, 0.4) is 0 Å². The van der Waals surface area contributed by atoms with Crippen molar-refractivity contribution in [3.8, 4) is 5.75 Å². The number of alkyl halides is 6. The van der Waals surface area contributed by atoms with E-state index in [0.29, 0.717) is 6.20 Å². The summed E-state index contributed by atoms with van der Waals surface area (Å²) in [4.78, 5) is 14.5. The molecule has 0 fully saturated rings. The minimum absolute atomic E-state index is 0.132. The summed E-state index contributed by atoms with van der Waals surface area (Å²) in [6.45, 7) is 0. The molecule has 0 amide bonds. The number of hydrogen-bond donors (Lipinski definition) is 0. The van der Waals surface area contributed by atoms with Gasteiger partial charge < -0.3 is 4.74 Å². The molecule has 0 aliphatic heterocycles. The molecule has 0 radical (unpaired) electrons. The molecule has 0 N–H and O–H groups in total. The van der Waals surface area contributed by atoms with E-state index in [1.807, 2.05) is 0 Å². The summed E-state index contributed by atoms with van der Waals surface area (Å²) >= 11 is 7.97. The van der Waals surface area contributed by atoms with Crippen LogP contribution in [0.4, 0.5) is 22.0 Å². The molecule has 0 aliphatic carbocycles. The van der Waals surface area contributed by atoms with Crippen LogP contribution < -0.4 is 4.74 Å². The molecule has 0 aromatic carbocycles. The van der Waals surface area contributed by atoms with E-state index in [1.165, 1.54) is 0 Å². The molecule has 0 bridgehead atoms. The average molecular weight is 368 g/mol. The lowest BCUT2D eigenvalue weighted by Crippen LogP contribution is -2.20. The van der Waals surface area contributed by atoms with Crippen LogP contribution in [-0.2, 0) is 5.33 Å². The van der Waals surface area contributed by atoms with Crippen molar-refractivity contribution in [3.05, 3.63) is 23.0 Å². The van der Waals surface area contributed by atoms with E-state index in [-0.39, 0.29) is 11.0 Å². The van der Waals surface area contributed by atoms with Crippen LogP contribution in [0.25, 0.3) is 0 Å². The standard InChI is InChI=1S/C9H4BrClF5NO2/c10-1-3-5(7(11)18)6(8(12)13)4(2-17-3)19-9(14,15)16/h2,8H,1H2. The Morgan fingerprint density at radius 3 is 2.42 bits per heavy atom. The van der Waals surface area contributed by atoms with E-state index < -0.39 is 34.9 Å². The second kappa shape index (κ2) is 6.00. The van der Waals surface area contributed by atoms with Gasteiger partial charge in [-0.05, 0) is 11.6 Å². The van der Waals surface area contributed by atoms with E-state index in [9.17, 15) is 26.7 Å². The summed E-state index contributed by atoms with van der Waals surface area (Å²) in [7, 11) is 0. The van der Waals surface area contributed by atoms with Crippen molar-refractivity contribution in [1.29, 1.82) is 0 Å². The van der Waals surface area contributed by atoms with Crippen LogP contribution in [0, 0.1) is 0 Å². The second-order valence-corrected chi connectivity index (χ2v) is 4.02. The molecule has 1 heterocycles. The molecule has 19 heavy (non-hydrogen) atoms. The molecule has 0 aliphatic rings. The predicted octanol–water partition coefficient (Wildman–Crippen LogP) is 4.19. The molecular formula is C9H4BrClF5NO2. The number of carbonyl (C=O) groups is 1. The number of rotatable bonds is 4. The monoisotopic (exact) mass is 367 g/mol. The van der Waals surface area contributed by atoms with Crippen molar-refractivity contribution in [3.63, 3.8) is 0 Å². The zero-order valence-electron chi connectivity index (χ0n) is 8.77. The predicted molar refractivity (Wildman–Crippen MR) is 58.7 cm³/mol. The SMILES string of the molecule is O=C(Cl)c1c(CBr)ncc(OC(F)(F)F)c1C(F)F. The van der Waals surface area contributed by atoms with Gasteiger partial charge in [0, 0.05) is 5.33 Å². The highest BCUT2D eigenvalue weighted by atomic mass is 79.9. The molecule has 10 heteroatoms. The number of pyridine rings is 1. The fourth-order valence-electron chi connectivity index (χ4n) is 1.29. The first-order valence-corrected chi connectivity index (χ1v) is 5.98. The Bertz CT molecular complexity index is 494. The molecule has 106 valence electrons. The third-order valence-electron chi connectivity index (χ3n) is 1.93. The normalized spacial score (nSPS) is 11.8. The Hall–Kier alpha value is -0.960. The minimum atomic E-state index is -5.19. The maximum atomic E-state index is 12.8. The molecule has 0 atom stereocenters. The lowest BCUT2D eigenvalue weighted by molar-refractivity contribution is -0.275. The van der Waals surface area contributed by atoms with Crippen LogP contribution in [0.1, 0.15) is 28.0 Å². The van der Waals surface area contributed by atoms with Gasteiger partial charge in [0.25, 0.3) is 11.7 Å². The van der Waals surface area contributed by atoms with Crippen LogP contribution in [0.5, 0.6) is 5.75 Å². The van der Waals surface area contributed by atoms with Gasteiger partial charge in [-0.2, -0.15) is 0 Å². The van der Waals surface area contributed by atoms with E-state index in [0.717, 1.165) is 0 Å². The van der Waals surface area contributed by atoms with Crippen molar-refractivity contribution in [2.45, 2.75) is 18.1 Å². The topological polar surface area (TPSA) is 39.2 Å². The molecule has 1 aromatic heterocycles. The lowest BCUT2D eigenvalue weighted by Gasteiger charge is -2.16. The zero-order chi connectivity index (χ0) is 14.8. The van der Waals surface area contributed by atoms with Crippen molar-refractivity contribution < 1.29 is 31.5 Å². The van der Waals surface area contributed by atoms with Crippen molar-refractivity contribution in [1.82, 2.24) is 4.98 Å². The van der Waals surface area contributed by atoms with Gasteiger partial charge in [0.2, 0.25) is 0 Å². The number of ether oxygens (including phenoxy) is 1. The molecule has 0 spiro atoms. The van der Waals surface area contributed by atoms with Crippen molar-refractivity contribution >= 4 is 32.8 Å². The Balaban J connectivity index is 3.49. The molecular weight excluding hydrogens is 364 g/mol. The summed E-state index contributed by atoms with van der Waals surface area (Å²) in [5.41, 5.74) is -2.23. The van der Waals surface area contributed by atoms with Gasteiger partial charge in [-0.25, -0.2) is 8.78 Å². The van der Waals surface area contributed by atoms with Gasteiger partial charge in [-0.3, -0.25) is 9.78 Å². The number of hydrogen-bond acceptors (Lipinski definition) is 3. The average Bonchev–Trinajstić information content (AvgIpc) is 2.25. The van der Waals surface area contributed by atoms with Gasteiger partial charge in [0.1, 0.15) is 0 Å². The van der Waals surface area contributed by atoms with Crippen molar-refractivity contribution in [2.75, 3.05) is 0 Å². The molecule has 0 saturated carbocycles. The van der Waals surface area contributed by atoms with Crippen LogP contribution in [0.15, 0.2) is 6.20 Å². The Kier molecular flexibility index (Phi) is 5.08. The van der Waals surface area contributed by atoms with E-state index in [2.05, 4.69) is 25.7 Å². The number of aromatic nitrogens is 1. The first-order valence-electron chi connectivity index (χ1n) is 4.48. The smallest absolute Gasteiger partial charge is 0.404 e. The second-order valence-electron chi connectivity index (χ2n) is 3.11. The fourth-order valence-corrected chi connectivity index (χ4v) is 1.93. The molecule has 1 aromatic rings. The third kappa shape index (κ3) is 4.00. The highest BCUT2D eigenvalue weighted by molar-refractivity contribution is 9.08. The van der Waals surface area contributed by atoms with Crippen LogP contribution >= 0.6 is 27.5 Å². The van der Waals surface area contributed by atoms with Crippen LogP contribution in [-0.4, -0.2) is 16.6 Å². The summed E-state index contributed by atoms with van der Waals surface area (Å²) in [5, 5.41) is -1.47.